The number of amides is 1. The van der Waals surface area contributed by atoms with E-state index >= 15 is 0 Å². The molecule has 0 bridgehead atoms. The minimum Gasteiger partial charge on any atom is -0.353 e. The van der Waals surface area contributed by atoms with Crippen LogP contribution in [0.1, 0.15) is 32.1 Å². The second kappa shape index (κ2) is 7.74. The Bertz CT molecular complexity index is 829. The molecule has 4 heterocycles. The van der Waals surface area contributed by atoms with Crippen molar-refractivity contribution in [2.75, 3.05) is 50.7 Å². The number of pyridine rings is 1. The molecule has 0 unspecified atom stereocenters. The second-order valence-electron chi connectivity index (χ2n) is 8.58. The fourth-order valence-corrected chi connectivity index (χ4v) is 4.73. The molecule has 0 spiro atoms. The maximum atomic E-state index is 12.5. The summed E-state index contributed by atoms with van der Waals surface area (Å²) in [5.74, 6) is 1.73. The Morgan fingerprint density at radius 2 is 1.71 bits per heavy atom. The molecular formula is C22H31N5O. The van der Waals surface area contributed by atoms with E-state index in [-0.39, 0.29) is 0 Å². The van der Waals surface area contributed by atoms with Crippen molar-refractivity contribution in [2.24, 2.45) is 5.92 Å². The minimum absolute atomic E-state index is 0.305. The number of carbonyl (C=O) groups is 1. The zero-order valence-electron chi connectivity index (χ0n) is 16.7. The van der Waals surface area contributed by atoms with Gasteiger partial charge in [0.2, 0.25) is 5.91 Å². The SMILES string of the molecule is O=C(C1CCC1)N1CCN(c2ccc3ccn(CCN4CCCC4)c3n2)CC1. The first kappa shape index (κ1) is 18.0. The van der Waals surface area contributed by atoms with E-state index in [1.54, 1.807) is 0 Å². The van der Waals surface area contributed by atoms with Crippen molar-refractivity contribution < 1.29 is 4.79 Å². The topological polar surface area (TPSA) is 44.6 Å². The minimum atomic E-state index is 0.305. The number of nitrogens with zero attached hydrogens (tertiary/aromatic N) is 5. The lowest BCUT2D eigenvalue weighted by atomic mass is 9.84. The van der Waals surface area contributed by atoms with Gasteiger partial charge in [-0.25, -0.2) is 4.98 Å². The predicted molar refractivity (Wildman–Crippen MR) is 112 cm³/mol. The summed E-state index contributed by atoms with van der Waals surface area (Å²) < 4.78 is 2.30. The van der Waals surface area contributed by atoms with Gasteiger partial charge in [-0.2, -0.15) is 0 Å². The molecule has 1 saturated carbocycles. The van der Waals surface area contributed by atoms with Crippen LogP contribution in [0.25, 0.3) is 11.0 Å². The van der Waals surface area contributed by atoms with Crippen molar-refractivity contribution in [3.63, 3.8) is 0 Å². The quantitative estimate of drug-likeness (QED) is 0.799. The monoisotopic (exact) mass is 381 g/mol. The third-order valence-corrected chi connectivity index (χ3v) is 6.82. The number of aromatic nitrogens is 2. The van der Waals surface area contributed by atoms with Gasteiger partial charge in [0.15, 0.2) is 0 Å². The first-order valence-electron chi connectivity index (χ1n) is 11.0. The van der Waals surface area contributed by atoms with Crippen LogP contribution in [0.15, 0.2) is 24.4 Å². The molecule has 0 radical (unpaired) electrons. The molecule has 0 aromatic carbocycles. The van der Waals surface area contributed by atoms with Crippen LogP contribution >= 0.6 is 0 Å². The summed E-state index contributed by atoms with van der Waals surface area (Å²) in [6.07, 6.45) is 8.25. The summed E-state index contributed by atoms with van der Waals surface area (Å²) in [4.78, 5) is 24.4. The third-order valence-electron chi connectivity index (χ3n) is 6.82. The van der Waals surface area contributed by atoms with Crippen LogP contribution in [0.2, 0.25) is 0 Å². The maximum absolute atomic E-state index is 12.5. The van der Waals surface area contributed by atoms with Gasteiger partial charge in [-0.1, -0.05) is 6.42 Å². The molecule has 1 amide bonds. The molecule has 2 aliphatic heterocycles. The molecule has 150 valence electrons. The molecule has 0 atom stereocenters. The Kier molecular flexibility index (Phi) is 4.97. The normalized spacial score (nSPS) is 21.4. The Labute approximate surface area is 167 Å². The lowest BCUT2D eigenvalue weighted by Gasteiger charge is -2.38. The molecule has 3 aliphatic rings. The highest BCUT2D eigenvalue weighted by Gasteiger charge is 2.31. The second-order valence-corrected chi connectivity index (χ2v) is 8.58. The zero-order chi connectivity index (χ0) is 18.9. The van der Waals surface area contributed by atoms with Gasteiger partial charge in [-0.15, -0.1) is 0 Å². The largest absolute Gasteiger partial charge is 0.353 e. The Balaban J connectivity index is 1.24. The standard InChI is InChI=1S/C22H31N5O/c28-22(19-4-3-5-19)27-16-14-25(15-17-27)20-7-6-18-8-11-26(21(18)23-20)13-12-24-9-1-2-10-24/h6-8,11,19H,1-5,9-10,12-17H2. The number of piperazine rings is 1. The Hall–Kier alpha value is -2.08. The third kappa shape index (κ3) is 3.50. The molecule has 3 fully saturated rings. The number of hydrogen-bond acceptors (Lipinski definition) is 4. The summed E-state index contributed by atoms with van der Waals surface area (Å²) in [5.41, 5.74) is 1.09. The summed E-state index contributed by atoms with van der Waals surface area (Å²) in [5, 5.41) is 1.21. The highest BCUT2D eigenvalue weighted by Crippen LogP contribution is 2.29. The van der Waals surface area contributed by atoms with Crippen LogP contribution in [0.5, 0.6) is 0 Å². The summed E-state index contributed by atoms with van der Waals surface area (Å²) in [6, 6.07) is 6.50. The number of anilines is 1. The summed E-state index contributed by atoms with van der Waals surface area (Å²) in [6.45, 7) is 8.00. The highest BCUT2D eigenvalue weighted by atomic mass is 16.2. The van der Waals surface area contributed by atoms with E-state index in [0.717, 1.165) is 63.6 Å². The van der Waals surface area contributed by atoms with Gasteiger partial charge in [-0.05, 0) is 57.0 Å². The number of hydrogen-bond donors (Lipinski definition) is 0. The molecule has 6 heteroatoms. The highest BCUT2D eigenvalue weighted by molar-refractivity contribution is 5.80. The van der Waals surface area contributed by atoms with E-state index in [1.165, 1.54) is 37.7 Å². The average Bonchev–Trinajstić information content (AvgIpc) is 3.34. The molecule has 2 aromatic heterocycles. The van der Waals surface area contributed by atoms with Crippen molar-refractivity contribution in [2.45, 2.75) is 38.6 Å². The first-order valence-corrected chi connectivity index (χ1v) is 11.0. The maximum Gasteiger partial charge on any atom is 0.225 e. The van der Waals surface area contributed by atoms with Gasteiger partial charge < -0.3 is 19.3 Å². The molecule has 6 nitrogen and oxygen atoms in total. The van der Waals surface area contributed by atoms with Crippen molar-refractivity contribution in [3.8, 4) is 0 Å². The fraction of sp³-hybridized carbons (Fsp3) is 0.636. The van der Waals surface area contributed by atoms with E-state index in [4.69, 9.17) is 4.98 Å². The van der Waals surface area contributed by atoms with Gasteiger partial charge >= 0.3 is 0 Å². The zero-order valence-corrected chi connectivity index (χ0v) is 16.7. The molecule has 2 saturated heterocycles. The number of carbonyl (C=O) groups excluding carboxylic acids is 1. The van der Waals surface area contributed by atoms with Gasteiger partial charge in [-0.3, -0.25) is 4.79 Å². The predicted octanol–water partition coefficient (Wildman–Crippen LogP) is 2.58. The van der Waals surface area contributed by atoms with Crippen LogP contribution in [-0.2, 0) is 11.3 Å². The molecule has 2 aromatic rings. The lowest BCUT2D eigenvalue weighted by Crippen LogP contribution is -2.51. The van der Waals surface area contributed by atoms with E-state index in [2.05, 4.69) is 43.7 Å². The van der Waals surface area contributed by atoms with Gasteiger partial charge in [0.25, 0.3) is 0 Å². The number of likely N-dealkylation sites (tertiary alicyclic amines) is 1. The van der Waals surface area contributed by atoms with Gasteiger partial charge in [0.1, 0.15) is 11.5 Å². The lowest BCUT2D eigenvalue weighted by molar-refractivity contribution is -0.138. The van der Waals surface area contributed by atoms with Crippen LogP contribution in [0.4, 0.5) is 5.82 Å². The van der Waals surface area contributed by atoms with E-state index in [0.29, 0.717) is 11.8 Å². The van der Waals surface area contributed by atoms with Crippen molar-refractivity contribution in [3.05, 3.63) is 24.4 Å². The molecular weight excluding hydrogens is 350 g/mol. The van der Waals surface area contributed by atoms with Crippen LogP contribution in [0, 0.1) is 5.92 Å². The van der Waals surface area contributed by atoms with Crippen molar-refractivity contribution in [1.29, 1.82) is 0 Å². The van der Waals surface area contributed by atoms with Crippen molar-refractivity contribution >= 4 is 22.8 Å². The summed E-state index contributed by atoms with van der Waals surface area (Å²) >= 11 is 0. The summed E-state index contributed by atoms with van der Waals surface area (Å²) in [7, 11) is 0. The Morgan fingerprint density at radius 3 is 2.43 bits per heavy atom. The number of fused-ring (bicyclic) bond motifs is 1. The number of rotatable bonds is 5. The van der Waals surface area contributed by atoms with Crippen LogP contribution in [0.3, 0.4) is 0 Å². The molecule has 0 N–H and O–H groups in total. The van der Waals surface area contributed by atoms with Crippen molar-refractivity contribution in [1.82, 2.24) is 19.4 Å². The Morgan fingerprint density at radius 1 is 0.929 bits per heavy atom. The van der Waals surface area contributed by atoms with Gasteiger partial charge in [0.05, 0.1) is 0 Å². The average molecular weight is 382 g/mol. The fourth-order valence-electron chi connectivity index (χ4n) is 4.73. The smallest absolute Gasteiger partial charge is 0.225 e. The van der Waals surface area contributed by atoms with E-state index in [9.17, 15) is 4.79 Å². The van der Waals surface area contributed by atoms with E-state index in [1.807, 2.05) is 0 Å². The molecule has 28 heavy (non-hydrogen) atoms. The van der Waals surface area contributed by atoms with Crippen LogP contribution in [-0.4, -0.2) is 71.1 Å². The van der Waals surface area contributed by atoms with E-state index < -0.39 is 0 Å². The molecule has 5 rings (SSSR count). The van der Waals surface area contributed by atoms with Crippen LogP contribution < -0.4 is 4.90 Å². The first-order chi connectivity index (χ1) is 13.8. The van der Waals surface area contributed by atoms with Gasteiger partial charge in [0, 0.05) is 56.8 Å². The molecule has 1 aliphatic carbocycles.